The van der Waals surface area contributed by atoms with Gasteiger partial charge in [-0.15, -0.1) is 0 Å². The van der Waals surface area contributed by atoms with Gasteiger partial charge in [-0.3, -0.25) is 4.57 Å². The van der Waals surface area contributed by atoms with Gasteiger partial charge in [0.2, 0.25) is 11.9 Å². The Morgan fingerprint density at radius 3 is 2.65 bits per heavy atom. The summed E-state index contributed by atoms with van der Waals surface area (Å²) in [6.45, 7) is 4.03. The minimum atomic E-state index is 0.0545. The number of hydrogen-bond acceptors (Lipinski definition) is 8. The summed E-state index contributed by atoms with van der Waals surface area (Å²) in [6.07, 6.45) is 12.8. The fourth-order valence-corrected chi connectivity index (χ4v) is 5.16. The molecule has 3 aromatic rings. The van der Waals surface area contributed by atoms with Crippen molar-refractivity contribution in [3.63, 3.8) is 0 Å². The van der Waals surface area contributed by atoms with E-state index in [1.165, 1.54) is 19.3 Å². The van der Waals surface area contributed by atoms with Crippen molar-refractivity contribution in [3.8, 4) is 0 Å². The Labute approximate surface area is 181 Å². The van der Waals surface area contributed by atoms with Crippen LogP contribution in [0, 0.1) is 0 Å². The van der Waals surface area contributed by atoms with Gasteiger partial charge in [0.05, 0.1) is 23.6 Å². The molecule has 2 fully saturated rings. The Morgan fingerprint density at radius 1 is 0.968 bits per heavy atom. The molecule has 6 rings (SSSR count). The van der Waals surface area contributed by atoms with Gasteiger partial charge < -0.3 is 15.5 Å². The number of aliphatic imine (C=N–C) groups is 1. The third-order valence-electron chi connectivity index (χ3n) is 6.79. The van der Waals surface area contributed by atoms with E-state index in [2.05, 4.69) is 41.1 Å². The minimum absolute atomic E-state index is 0.0545. The lowest BCUT2D eigenvalue weighted by Gasteiger charge is -2.39. The minimum Gasteiger partial charge on any atom is -0.368 e. The first-order valence-electron chi connectivity index (χ1n) is 11.3. The molecule has 160 valence electrons. The lowest BCUT2D eigenvalue weighted by atomic mass is 9.79. The second-order valence-electron chi connectivity index (χ2n) is 8.71. The van der Waals surface area contributed by atoms with Gasteiger partial charge in [0, 0.05) is 38.8 Å². The topological polar surface area (TPSA) is 96.2 Å². The number of fused-ring (bicyclic) bond motifs is 4. The molecule has 3 aliphatic rings. The lowest BCUT2D eigenvalue weighted by molar-refractivity contribution is 0.207. The van der Waals surface area contributed by atoms with Crippen LogP contribution in [0.5, 0.6) is 0 Å². The van der Waals surface area contributed by atoms with Crippen LogP contribution in [0.15, 0.2) is 29.5 Å². The highest BCUT2D eigenvalue weighted by Gasteiger charge is 2.38. The number of nitrogens with zero attached hydrogens (tertiary/aromatic N) is 7. The smallest absolute Gasteiger partial charge is 0.232 e. The van der Waals surface area contributed by atoms with Crippen molar-refractivity contribution in [2.75, 3.05) is 36.4 Å². The van der Waals surface area contributed by atoms with Gasteiger partial charge in [0.15, 0.2) is 5.65 Å². The van der Waals surface area contributed by atoms with Crippen molar-refractivity contribution in [2.24, 2.45) is 4.99 Å². The molecule has 3 aromatic heterocycles. The zero-order valence-corrected chi connectivity index (χ0v) is 17.6. The Hall–Kier alpha value is -3.07. The molecular weight excluding hydrogens is 390 g/mol. The number of hydrogen-bond donors (Lipinski definition) is 2. The molecule has 1 saturated heterocycles. The van der Waals surface area contributed by atoms with Crippen LogP contribution in [0.25, 0.3) is 11.2 Å². The molecule has 0 aromatic carbocycles. The maximum Gasteiger partial charge on any atom is 0.232 e. The first-order chi connectivity index (χ1) is 15.3. The summed E-state index contributed by atoms with van der Waals surface area (Å²) in [5.41, 5.74) is 2.86. The van der Waals surface area contributed by atoms with E-state index < -0.39 is 0 Å². The van der Waals surface area contributed by atoms with E-state index in [1.54, 1.807) is 6.20 Å². The third kappa shape index (κ3) is 3.33. The molecule has 0 atom stereocenters. The van der Waals surface area contributed by atoms with Crippen molar-refractivity contribution in [2.45, 2.75) is 44.1 Å². The monoisotopic (exact) mass is 417 g/mol. The van der Waals surface area contributed by atoms with Crippen LogP contribution >= 0.6 is 0 Å². The van der Waals surface area contributed by atoms with Crippen molar-refractivity contribution >= 4 is 40.8 Å². The SMILES string of the molecule is C1=Nc2nc3cnc(Nc4ccc(N5CCNCC5)cn4)nc3n2C2(C1)CCCCC2. The van der Waals surface area contributed by atoms with E-state index in [9.17, 15) is 0 Å². The largest absolute Gasteiger partial charge is 0.368 e. The molecule has 2 N–H and O–H groups in total. The van der Waals surface area contributed by atoms with E-state index in [4.69, 9.17) is 9.97 Å². The van der Waals surface area contributed by atoms with Crippen LogP contribution in [0.2, 0.25) is 0 Å². The zero-order chi connectivity index (χ0) is 20.7. The highest BCUT2D eigenvalue weighted by molar-refractivity contribution is 5.78. The number of imidazole rings is 1. The Balaban J connectivity index is 1.29. The van der Waals surface area contributed by atoms with Gasteiger partial charge in [-0.2, -0.15) is 4.98 Å². The molecule has 0 bridgehead atoms. The first kappa shape index (κ1) is 18.7. The van der Waals surface area contributed by atoms with Gasteiger partial charge in [-0.1, -0.05) is 19.3 Å². The number of pyridine rings is 1. The van der Waals surface area contributed by atoms with E-state index in [0.717, 1.165) is 74.1 Å². The van der Waals surface area contributed by atoms with Gasteiger partial charge in [-0.05, 0) is 25.0 Å². The summed E-state index contributed by atoms with van der Waals surface area (Å²) >= 11 is 0. The molecule has 0 unspecified atom stereocenters. The number of rotatable bonds is 3. The Kier molecular flexibility index (Phi) is 4.56. The van der Waals surface area contributed by atoms with Crippen LogP contribution in [0.4, 0.5) is 23.4 Å². The molecule has 1 saturated carbocycles. The van der Waals surface area contributed by atoms with E-state index in [-0.39, 0.29) is 5.54 Å². The van der Waals surface area contributed by atoms with Crippen molar-refractivity contribution in [1.29, 1.82) is 0 Å². The lowest BCUT2D eigenvalue weighted by Crippen LogP contribution is -2.43. The predicted octanol–water partition coefficient (Wildman–Crippen LogP) is 3.14. The maximum atomic E-state index is 4.85. The third-order valence-corrected chi connectivity index (χ3v) is 6.79. The number of anilines is 3. The number of aromatic nitrogens is 5. The fourth-order valence-electron chi connectivity index (χ4n) is 5.16. The number of nitrogens with one attached hydrogen (secondary N) is 2. The van der Waals surface area contributed by atoms with Crippen LogP contribution in [-0.2, 0) is 5.54 Å². The summed E-state index contributed by atoms with van der Waals surface area (Å²) < 4.78 is 2.27. The Bertz CT molecular complexity index is 1110. The van der Waals surface area contributed by atoms with Crippen LogP contribution in [0.1, 0.15) is 38.5 Å². The van der Waals surface area contributed by atoms with E-state index in [1.807, 2.05) is 18.5 Å². The molecule has 0 radical (unpaired) electrons. The van der Waals surface area contributed by atoms with E-state index in [0.29, 0.717) is 5.95 Å². The summed E-state index contributed by atoms with van der Waals surface area (Å²) in [7, 11) is 0. The second kappa shape index (κ2) is 7.56. The molecule has 9 nitrogen and oxygen atoms in total. The van der Waals surface area contributed by atoms with Crippen molar-refractivity contribution < 1.29 is 0 Å². The van der Waals surface area contributed by atoms with Crippen molar-refractivity contribution in [3.05, 3.63) is 24.5 Å². The molecular formula is C22H27N9. The summed E-state index contributed by atoms with van der Waals surface area (Å²) in [6, 6.07) is 4.09. The normalized spacial score (nSPS) is 20.2. The van der Waals surface area contributed by atoms with Crippen LogP contribution < -0.4 is 15.5 Å². The zero-order valence-electron chi connectivity index (χ0n) is 17.6. The highest BCUT2D eigenvalue weighted by Crippen LogP contribution is 2.43. The summed E-state index contributed by atoms with van der Waals surface area (Å²) in [5.74, 6) is 2.04. The Morgan fingerprint density at radius 2 is 1.84 bits per heavy atom. The van der Waals surface area contributed by atoms with Gasteiger partial charge >= 0.3 is 0 Å². The summed E-state index contributed by atoms with van der Waals surface area (Å²) in [4.78, 5) is 25.5. The predicted molar refractivity (Wildman–Crippen MR) is 122 cm³/mol. The van der Waals surface area contributed by atoms with E-state index >= 15 is 0 Å². The molecule has 31 heavy (non-hydrogen) atoms. The maximum absolute atomic E-state index is 4.85. The van der Waals surface area contributed by atoms with Gasteiger partial charge in [0.1, 0.15) is 11.3 Å². The molecule has 1 aliphatic carbocycles. The standard InChI is InChI=1S/C22H27N9/c1-2-6-22(7-3-1)8-9-24-21-27-17-15-26-20(29-19(17)31(21)22)28-18-5-4-16(14-25-18)30-12-10-23-11-13-30/h4-5,9,14-15,23H,1-3,6-8,10-13H2,(H,25,26,28,29). The molecule has 2 aliphatic heterocycles. The molecule has 1 spiro atoms. The molecule has 5 heterocycles. The second-order valence-corrected chi connectivity index (χ2v) is 8.71. The average Bonchev–Trinajstić information content (AvgIpc) is 3.20. The number of piperazine rings is 1. The molecule has 9 heteroatoms. The van der Waals surface area contributed by atoms with Gasteiger partial charge in [0.25, 0.3) is 0 Å². The average molecular weight is 418 g/mol. The summed E-state index contributed by atoms with van der Waals surface area (Å²) in [5, 5.41) is 6.65. The fraction of sp³-hybridized carbons (Fsp3) is 0.500. The quantitative estimate of drug-likeness (QED) is 0.676. The van der Waals surface area contributed by atoms with Crippen molar-refractivity contribution in [1.82, 2.24) is 29.8 Å². The van der Waals surface area contributed by atoms with Gasteiger partial charge in [-0.25, -0.2) is 19.9 Å². The molecule has 0 amide bonds. The van der Waals surface area contributed by atoms with Crippen LogP contribution in [-0.4, -0.2) is 56.9 Å². The first-order valence-corrected chi connectivity index (χ1v) is 11.3. The van der Waals surface area contributed by atoms with Crippen LogP contribution in [0.3, 0.4) is 0 Å². The highest BCUT2D eigenvalue weighted by atomic mass is 15.3.